The van der Waals surface area contributed by atoms with Gasteiger partial charge >= 0.3 is 11.6 Å². The fraction of sp³-hybridized carbons (Fsp3) is 0.500. The highest BCUT2D eigenvalue weighted by Crippen LogP contribution is 2.42. The van der Waals surface area contributed by atoms with Crippen LogP contribution in [0.25, 0.3) is 33.0 Å². The van der Waals surface area contributed by atoms with Crippen LogP contribution in [-0.2, 0) is 4.74 Å². The number of aromatic nitrogens is 2. The molecule has 0 radical (unpaired) electrons. The molecule has 0 aliphatic carbocycles. The van der Waals surface area contributed by atoms with Crippen molar-refractivity contribution in [3.05, 3.63) is 52.1 Å². The smallest absolute Gasteiger partial charge is 0.349 e. The second-order valence-electron chi connectivity index (χ2n) is 14.1. The van der Waals surface area contributed by atoms with Gasteiger partial charge in [0.05, 0.1) is 22.3 Å². The Kier molecular flexibility index (Phi) is 6.87. The molecule has 0 bridgehead atoms. The molecule has 1 N–H and O–H groups in total. The lowest BCUT2D eigenvalue weighted by Gasteiger charge is -2.47. The Balaban J connectivity index is 1.42. The number of hydrogen-bond donors (Lipinski definition) is 1. The molecule has 0 unspecified atom stereocenters. The number of nitrogens with zero attached hydrogens (tertiary/aromatic N) is 4. The van der Waals surface area contributed by atoms with Crippen LogP contribution in [0.3, 0.4) is 0 Å². The standard InChI is InChI=1S/C34H38F2N4O5/c1-19-27-26(30(42)44-28(19)23-13-22(41)12-20-8-6-9-24(36)25(20)23)29(39-16-32(2,3)45-33(4,5)17-39)38-31(37-27)43-18-34-10-7-11-40(34)15-21(35)14-34/h6,8-9,12-13,21,41H,7,10-11,14-18H2,1-5H3/t21-,34+/m1/s1. The molecule has 5 heterocycles. The molecule has 0 saturated carbocycles. The van der Waals surface area contributed by atoms with Gasteiger partial charge < -0.3 is 23.9 Å². The maximum Gasteiger partial charge on any atom is 0.349 e. The summed E-state index contributed by atoms with van der Waals surface area (Å²) in [6.45, 7) is 12.0. The van der Waals surface area contributed by atoms with Gasteiger partial charge in [0.25, 0.3) is 0 Å². The molecule has 4 aromatic rings. The second kappa shape index (κ2) is 10.3. The lowest BCUT2D eigenvalue weighted by atomic mass is 9.95. The van der Waals surface area contributed by atoms with Crippen LogP contribution < -0.4 is 15.3 Å². The maximum absolute atomic E-state index is 15.2. The van der Waals surface area contributed by atoms with E-state index in [9.17, 15) is 14.3 Å². The van der Waals surface area contributed by atoms with Gasteiger partial charge in [-0.15, -0.1) is 0 Å². The number of aryl methyl sites for hydroxylation is 1. The molecule has 9 nitrogen and oxygen atoms in total. The average Bonchev–Trinajstić information content (AvgIpc) is 3.47. The summed E-state index contributed by atoms with van der Waals surface area (Å²) in [5, 5.41) is 11.4. The first kappa shape index (κ1) is 29.9. The fourth-order valence-electron chi connectivity index (χ4n) is 7.90. The second-order valence-corrected chi connectivity index (χ2v) is 14.1. The van der Waals surface area contributed by atoms with E-state index in [2.05, 4.69) is 4.90 Å². The van der Waals surface area contributed by atoms with E-state index in [1.165, 1.54) is 18.2 Å². The van der Waals surface area contributed by atoms with Crippen molar-refractivity contribution >= 4 is 27.5 Å². The largest absolute Gasteiger partial charge is 0.508 e. The summed E-state index contributed by atoms with van der Waals surface area (Å²) in [6.07, 6.45) is 1.27. The predicted molar refractivity (Wildman–Crippen MR) is 167 cm³/mol. The lowest BCUT2D eigenvalue weighted by Crippen LogP contribution is -2.57. The van der Waals surface area contributed by atoms with Crippen LogP contribution in [0.1, 0.15) is 52.5 Å². The molecule has 3 aliphatic rings. The van der Waals surface area contributed by atoms with E-state index in [0.717, 1.165) is 19.4 Å². The molecule has 7 rings (SSSR count). The minimum Gasteiger partial charge on any atom is -0.508 e. The number of aromatic hydroxyl groups is 1. The molecule has 2 atom stereocenters. The number of phenolic OH excluding ortho intramolecular Hbond substituents is 1. The number of halogens is 2. The zero-order valence-electron chi connectivity index (χ0n) is 26.2. The first-order valence-electron chi connectivity index (χ1n) is 15.5. The Morgan fingerprint density at radius 1 is 1.11 bits per heavy atom. The van der Waals surface area contributed by atoms with Crippen molar-refractivity contribution in [2.45, 2.75) is 76.8 Å². The summed E-state index contributed by atoms with van der Waals surface area (Å²) >= 11 is 0. The van der Waals surface area contributed by atoms with E-state index >= 15 is 4.39 Å². The van der Waals surface area contributed by atoms with E-state index in [-0.39, 0.29) is 40.5 Å². The quantitative estimate of drug-likeness (QED) is 0.292. The Morgan fingerprint density at radius 2 is 1.87 bits per heavy atom. The zero-order chi connectivity index (χ0) is 31.9. The molecule has 238 valence electrons. The molecular formula is C34H38F2N4O5. The number of hydrogen-bond acceptors (Lipinski definition) is 9. The van der Waals surface area contributed by atoms with Crippen molar-refractivity contribution in [1.82, 2.24) is 14.9 Å². The summed E-state index contributed by atoms with van der Waals surface area (Å²) in [7, 11) is 0. The van der Waals surface area contributed by atoms with Gasteiger partial charge in [-0.1, -0.05) is 12.1 Å². The fourth-order valence-corrected chi connectivity index (χ4v) is 7.90. The molecule has 0 spiro atoms. The Bertz CT molecular complexity index is 1880. The van der Waals surface area contributed by atoms with E-state index < -0.39 is 34.4 Å². The molecule has 3 aliphatic heterocycles. The average molecular weight is 621 g/mol. The van der Waals surface area contributed by atoms with Crippen molar-refractivity contribution in [1.29, 1.82) is 0 Å². The van der Waals surface area contributed by atoms with Crippen LogP contribution in [0.4, 0.5) is 14.6 Å². The van der Waals surface area contributed by atoms with Crippen molar-refractivity contribution in [3.8, 4) is 23.1 Å². The lowest BCUT2D eigenvalue weighted by molar-refractivity contribution is -0.133. The van der Waals surface area contributed by atoms with Gasteiger partial charge in [-0.3, -0.25) is 4.90 Å². The van der Waals surface area contributed by atoms with Gasteiger partial charge in [0.2, 0.25) is 0 Å². The number of anilines is 1. The molecular weight excluding hydrogens is 582 g/mol. The molecule has 3 saturated heterocycles. The van der Waals surface area contributed by atoms with Gasteiger partial charge in [0.1, 0.15) is 35.5 Å². The highest BCUT2D eigenvalue weighted by Gasteiger charge is 2.49. The highest BCUT2D eigenvalue weighted by atomic mass is 19.1. The molecule has 2 aromatic heterocycles. The summed E-state index contributed by atoms with van der Waals surface area (Å²) in [5.41, 5.74) is -1.24. The van der Waals surface area contributed by atoms with Gasteiger partial charge in [-0.2, -0.15) is 9.97 Å². The SMILES string of the molecule is Cc1c(-c2cc(O)cc3cccc(F)c23)oc(=O)c2c(N3CC(C)(C)OC(C)(C)C3)nc(OC[C@@]34CCCN3C[C@H](F)C4)nc12. The number of rotatable bonds is 5. The normalized spacial score (nSPS) is 24.4. The Morgan fingerprint density at radius 3 is 2.62 bits per heavy atom. The van der Waals surface area contributed by atoms with Crippen LogP contribution >= 0.6 is 0 Å². The van der Waals surface area contributed by atoms with Gasteiger partial charge in [0, 0.05) is 42.6 Å². The third kappa shape index (κ3) is 5.19. The highest BCUT2D eigenvalue weighted by molar-refractivity contribution is 6.00. The van der Waals surface area contributed by atoms with E-state index in [1.54, 1.807) is 19.1 Å². The summed E-state index contributed by atoms with van der Waals surface area (Å²) in [4.78, 5) is 27.6. The summed E-state index contributed by atoms with van der Waals surface area (Å²) < 4.78 is 48.3. The monoisotopic (exact) mass is 620 g/mol. The molecule has 11 heteroatoms. The van der Waals surface area contributed by atoms with E-state index in [1.807, 2.05) is 32.6 Å². The Labute approximate surface area is 259 Å². The summed E-state index contributed by atoms with van der Waals surface area (Å²) in [5.74, 6) is -0.171. The Hall–Kier alpha value is -3.83. The predicted octanol–water partition coefficient (Wildman–Crippen LogP) is 5.91. The minimum absolute atomic E-state index is 0.0646. The van der Waals surface area contributed by atoms with Crippen LogP contribution in [-0.4, -0.2) is 75.7 Å². The zero-order valence-corrected chi connectivity index (χ0v) is 26.2. The van der Waals surface area contributed by atoms with Gasteiger partial charge in [-0.25, -0.2) is 13.6 Å². The number of ether oxygens (including phenoxy) is 2. The number of phenols is 1. The number of fused-ring (bicyclic) bond motifs is 3. The molecule has 3 fully saturated rings. The van der Waals surface area contributed by atoms with Gasteiger partial charge in [0.15, 0.2) is 5.82 Å². The molecule has 45 heavy (non-hydrogen) atoms. The van der Waals surface area contributed by atoms with Crippen LogP contribution in [0, 0.1) is 12.7 Å². The summed E-state index contributed by atoms with van der Waals surface area (Å²) in [6, 6.07) is 7.47. The number of morpholine rings is 1. The first-order chi connectivity index (χ1) is 21.2. The van der Waals surface area contributed by atoms with Gasteiger partial charge in [-0.05, 0) is 77.6 Å². The van der Waals surface area contributed by atoms with Crippen LogP contribution in [0.2, 0.25) is 0 Å². The number of benzene rings is 2. The number of alkyl halides is 1. The minimum atomic E-state index is -0.910. The first-order valence-corrected chi connectivity index (χ1v) is 15.5. The van der Waals surface area contributed by atoms with Crippen molar-refractivity contribution in [2.75, 3.05) is 37.7 Å². The molecule has 0 amide bonds. The van der Waals surface area contributed by atoms with Crippen molar-refractivity contribution < 1.29 is 27.8 Å². The topological polar surface area (TPSA) is 101 Å². The van der Waals surface area contributed by atoms with Crippen molar-refractivity contribution in [2.24, 2.45) is 0 Å². The van der Waals surface area contributed by atoms with Crippen LogP contribution in [0.15, 0.2) is 39.5 Å². The molecule has 2 aromatic carbocycles. The third-order valence-corrected chi connectivity index (χ3v) is 9.35. The van der Waals surface area contributed by atoms with Crippen molar-refractivity contribution in [3.63, 3.8) is 0 Å². The van der Waals surface area contributed by atoms with E-state index in [0.29, 0.717) is 48.3 Å². The van der Waals surface area contributed by atoms with E-state index in [4.69, 9.17) is 23.9 Å². The third-order valence-electron chi connectivity index (χ3n) is 9.35. The van der Waals surface area contributed by atoms with Crippen LogP contribution in [0.5, 0.6) is 11.8 Å². The maximum atomic E-state index is 15.2.